The van der Waals surface area contributed by atoms with Crippen molar-refractivity contribution in [2.45, 2.75) is 5.88 Å². The predicted octanol–water partition coefficient (Wildman–Crippen LogP) is 2.41. The molecule has 0 spiro atoms. The number of halogens is 2. The Labute approximate surface area is 84.3 Å². The van der Waals surface area contributed by atoms with Crippen molar-refractivity contribution >= 4 is 22.5 Å². The van der Waals surface area contributed by atoms with E-state index in [1.54, 1.807) is 6.20 Å². The molecule has 0 saturated heterocycles. The summed E-state index contributed by atoms with van der Waals surface area (Å²) < 4.78 is 12.9. The van der Waals surface area contributed by atoms with E-state index in [-0.39, 0.29) is 11.3 Å². The van der Waals surface area contributed by atoms with Gasteiger partial charge >= 0.3 is 0 Å². The van der Waals surface area contributed by atoms with Gasteiger partial charge in [-0.05, 0) is 18.2 Å². The summed E-state index contributed by atoms with van der Waals surface area (Å²) in [5.41, 5.74) is 0.850. The van der Waals surface area contributed by atoms with Gasteiger partial charge in [-0.1, -0.05) is 0 Å². The summed E-state index contributed by atoms with van der Waals surface area (Å²) >= 11 is 5.56. The second kappa shape index (κ2) is 3.42. The molecule has 0 bridgehead atoms. The minimum atomic E-state index is -0.422. The summed E-state index contributed by atoms with van der Waals surface area (Å²) in [4.78, 5) is 14.5. The molecule has 0 aliphatic carbocycles. The monoisotopic (exact) mass is 211 g/mol. The van der Waals surface area contributed by atoms with Gasteiger partial charge in [0.15, 0.2) is 5.43 Å². The van der Waals surface area contributed by atoms with Crippen LogP contribution in [0.5, 0.6) is 0 Å². The Morgan fingerprint density at radius 3 is 2.93 bits per heavy atom. The van der Waals surface area contributed by atoms with Crippen molar-refractivity contribution in [1.29, 1.82) is 0 Å². The van der Waals surface area contributed by atoms with E-state index in [0.29, 0.717) is 16.5 Å². The maximum atomic E-state index is 12.9. The topological polar surface area (TPSA) is 32.9 Å². The Morgan fingerprint density at radius 2 is 2.21 bits per heavy atom. The van der Waals surface area contributed by atoms with Gasteiger partial charge in [0, 0.05) is 22.7 Å². The number of aromatic nitrogens is 1. The van der Waals surface area contributed by atoms with Crippen molar-refractivity contribution in [1.82, 2.24) is 4.98 Å². The Hall–Kier alpha value is -1.35. The van der Waals surface area contributed by atoms with Gasteiger partial charge in [0.25, 0.3) is 0 Å². The zero-order valence-corrected chi connectivity index (χ0v) is 7.94. The number of pyridine rings is 1. The number of aromatic amines is 1. The first-order chi connectivity index (χ1) is 6.72. The normalized spacial score (nSPS) is 10.7. The fourth-order valence-corrected chi connectivity index (χ4v) is 1.53. The van der Waals surface area contributed by atoms with Crippen molar-refractivity contribution in [3.8, 4) is 0 Å². The highest BCUT2D eigenvalue weighted by atomic mass is 35.5. The second-order valence-corrected chi connectivity index (χ2v) is 3.23. The average molecular weight is 212 g/mol. The van der Waals surface area contributed by atoms with Gasteiger partial charge < -0.3 is 4.98 Å². The number of benzene rings is 1. The third-order valence-corrected chi connectivity index (χ3v) is 2.35. The van der Waals surface area contributed by atoms with E-state index < -0.39 is 5.82 Å². The van der Waals surface area contributed by atoms with Crippen LogP contribution >= 0.6 is 11.6 Å². The van der Waals surface area contributed by atoms with Gasteiger partial charge in [0.1, 0.15) is 5.82 Å². The van der Waals surface area contributed by atoms with Crippen molar-refractivity contribution in [3.05, 3.63) is 46.0 Å². The minimum Gasteiger partial charge on any atom is -0.361 e. The van der Waals surface area contributed by atoms with Crippen LogP contribution in [0.25, 0.3) is 10.9 Å². The standard InChI is InChI=1S/C10H7ClFNO/c11-4-6-5-13-9-2-1-7(12)3-8(9)10(6)14/h1-3,5H,4H2,(H,13,14). The van der Waals surface area contributed by atoms with Crippen molar-refractivity contribution in [2.75, 3.05) is 0 Å². The van der Waals surface area contributed by atoms with E-state index in [0.717, 1.165) is 0 Å². The second-order valence-electron chi connectivity index (χ2n) is 2.97. The number of rotatable bonds is 1. The molecule has 72 valence electrons. The van der Waals surface area contributed by atoms with Gasteiger partial charge in [-0.15, -0.1) is 11.6 Å². The average Bonchev–Trinajstić information content (AvgIpc) is 2.20. The lowest BCUT2D eigenvalue weighted by molar-refractivity contribution is 0.629. The third-order valence-electron chi connectivity index (χ3n) is 2.06. The molecule has 2 rings (SSSR count). The molecule has 1 aromatic carbocycles. The van der Waals surface area contributed by atoms with Crippen molar-refractivity contribution < 1.29 is 4.39 Å². The lowest BCUT2D eigenvalue weighted by atomic mass is 10.1. The summed E-state index contributed by atoms with van der Waals surface area (Å²) in [6, 6.07) is 4.05. The van der Waals surface area contributed by atoms with Crippen LogP contribution in [0.4, 0.5) is 4.39 Å². The van der Waals surface area contributed by atoms with Crippen LogP contribution in [0.3, 0.4) is 0 Å². The number of H-pyrrole nitrogens is 1. The number of alkyl halides is 1. The highest BCUT2D eigenvalue weighted by Crippen LogP contribution is 2.10. The van der Waals surface area contributed by atoms with Gasteiger partial charge in [0.05, 0.1) is 5.88 Å². The molecule has 0 saturated carbocycles. The molecule has 0 atom stereocenters. The molecule has 0 aliphatic heterocycles. The number of hydrogen-bond donors (Lipinski definition) is 1. The van der Waals surface area contributed by atoms with Crippen molar-refractivity contribution in [3.63, 3.8) is 0 Å². The number of hydrogen-bond acceptors (Lipinski definition) is 1. The maximum absolute atomic E-state index is 12.9. The predicted molar refractivity (Wildman–Crippen MR) is 54.1 cm³/mol. The van der Waals surface area contributed by atoms with Crippen LogP contribution in [0.15, 0.2) is 29.2 Å². The third kappa shape index (κ3) is 1.40. The minimum absolute atomic E-state index is 0.127. The van der Waals surface area contributed by atoms with Gasteiger partial charge in [-0.25, -0.2) is 4.39 Å². The summed E-state index contributed by atoms with van der Waals surface area (Å²) in [7, 11) is 0. The molecule has 1 N–H and O–H groups in total. The van der Waals surface area contributed by atoms with E-state index >= 15 is 0 Å². The molecule has 4 heteroatoms. The first-order valence-electron chi connectivity index (χ1n) is 4.08. The molecular weight excluding hydrogens is 205 g/mol. The van der Waals surface area contributed by atoms with E-state index in [2.05, 4.69) is 4.98 Å². The number of fused-ring (bicyclic) bond motifs is 1. The molecule has 0 amide bonds. The van der Waals surface area contributed by atoms with Gasteiger partial charge in [-0.2, -0.15) is 0 Å². The summed E-state index contributed by atoms with van der Waals surface area (Å²) in [6.45, 7) is 0. The first kappa shape index (κ1) is 9.21. The van der Waals surface area contributed by atoms with Crippen LogP contribution < -0.4 is 5.43 Å². The molecule has 2 aromatic rings. The Bertz CT molecular complexity index is 535. The highest BCUT2D eigenvalue weighted by molar-refractivity contribution is 6.17. The zero-order valence-electron chi connectivity index (χ0n) is 7.18. The SMILES string of the molecule is O=c1c(CCl)c[nH]c2ccc(F)cc12. The molecule has 0 aliphatic rings. The first-order valence-corrected chi connectivity index (χ1v) is 4.61. The molecule has 0 fully saturated rings. The van der Waals surface area contributed by atoms with Crippen LogP contribution in [-0.2, 0) is 5.88 Å². The Morgan fingerprint density at radius 1 is 1.43 bits per heavy atom. The molecule has 1 aromatic heterocycles. The molecule has 2 nitrogen and oxygen atoms in total. The van der Waals surface area contributed by atoms with Gasteiger partial charge in [0.2, 0.25) is 0 Å². The van der Waals surface area contributed by atoms with Crippen LogP contribution in [0.2, 0.25) is 0 Å². The molecular formula is C10H7ClFNO. The molecule has 14 heavy (non-hydrogen) atoms. The quantitative estimate of drug-likeness (QED) is 0.722. The van der Waals surface area contributed by atoms with Gasteiger partial charge in [-0.3, -0.25) is 4.79 Å². The summed E-state index contributed by atoms with van der Waals surface area (Å²) in [6.07, 6.45) is 1.55. The molecule has 1 heterocycles. The highest BCUT2D eigenvalue weighted by Gasteiger charge is 2.04. The molecule has 0 unspecified atom stereocenters. The van der Waals surface area contributed by atoms with Crippen molar-refractivity contribution in [2.24, 2.45) is 0 Å². The Balaban J connectivity index is 2.87. The summed E-state index contributed by atoms with van der Waals surface area (Å²) in [5, 5.41) is 0.336. The largest absolute Gasteiger partial charge is 0.361 e. The maximum Gasteiger partial charge on any atom is 0.193 e. The van der Waals surface area contributed by atoms with Crippen LogP contribution in [-0.4, -0.2) is 4.98 Å². The van der Waals surface area contributed by atoms with E-state index in [1.165, 1.54) is 18.2 Å². The zero-order chi connectivity index (χ0) is 10.1. The van der Waals surface area contributed by atoms with Crippen LogP contribution in [0, 0.1) is 5.82 Å². The fraction of sp³-hybridized carbons (Fsp3) is 0.100. The van der Waals surface area contributed by atoms with E-state index in [9.17, 15) is 9.18 Å². The smallest absolute Gasteiger partial charge is 0.193 e. The number of nitrogens with one attached hydrogen (secondary N) is 1. The summed E-state index contributed by atoms with van der Waals surface area (Å²) in [5.74, 6) is -0.295. The lowest BCUT2D eigenvalue weighted by Crippen LogP contribution is -2.08. The lowest BCUT2D eigenvalue weighted by Gasteiger charge is -1.99. The van der Waals surface area contributed by atoms with Crippen LogP contribution in [0.1, 0.15) is 5.56 Å². The van der Waals surface area contributed by atoms with E-state index in [1.807, 2.05) is 0 Å². The van der Waals surface area contributed by atoms with E-state index in [4.69, 9.17) is 11.6 Å². The fourth-order valence-electron chi connectivity index (χ4n) is 1.33. The Kier molecular flexibility index (Phi) is 2.25. The molecule has 0 radical (unpaired) electrons.